The van der Waals surface area contributed by atoms with E-state index in [0.29, 0.717) is 5.92 Å². The molecule has 0 spiro atoms. The van der Waals surface area contributed by atoms with E-state index >= 15 is 0 Å². The molecule has 1 heterocycles. The first-order valence-electron chi connectivity index (χ1n) is 3.10. The topological polar surface area (TPSA) is 38.9 Å². The van der Waals surface area contributed by atoms with E-state index in [4.69, 9.17) is 4.42 Å². The molecule has 0 saturated carbocycles. The van der Waals surface area contributed by atoms with Crippen LogP contribution in [0.4, 0.5) is 0 Å². The van der Waals surface area contributed by atoms with Crippen LogP contribution < -0.4 is 0 Å². The van der Waals surface area contributed by atoms with Gasteiger partial charge >= 0.3 is 0 Å². The van der Waals surface area contributed by atoms with E-state index < -0.39 is 0 Å². The second kappa shape index (κ2) is 4.28. The molecule has 0 aliphatic rings. The molecular weight excluding hydrogens is 152 g/mol. The normalized spacial score (nSPS) is 12.2. The molecule has 1 aromatic heterocycles. The van der Waals surface area contributed by atoms with Crippen molar-refractivity contribution in [1.29, 1.82) is 0 Å². The minimum absolute atomic E-state index is 0. The van der Waals surface area contributed by atoms with E-state index in [2.05, 4.69) is 24.0 Å². The van der Waals surface area contributed by atoms with Gasteiger partial charge in [0.2, 0.25) is 12.3 Å². The highest BCUT2D eigenvalue weighted by molar-refractivity contribution is 5.85. The van der Waals surface area contributed by atoms with Crippen LogP contribution in [0, 0.1) is 0 Å². The standard InChI is InChI=1S/C6H10N2O.ClH/c1-3-5(2)6-8-7-4-9-6;/h4-5H,3H2,1-2H3;1H. The minimum atomic E-state index is 0. The SMILES string of the molecule is CCC(C)c1nnco1.Cl. The summed E-state index contributed by atoms with van der Waals surface area (Å²) >= 11 is 0. The zero-order valence-corrected chi connectivity index (χ0v) is 6.89. The van der Waals surface area contributed by atoms with E-state index in [1.807, 2.05) is 0 Å². The number of halogens is 1. The van der Waals surface area contributed by atoms with Crippen molar-refractivity contribution in [2.24, 2.45) is 0 Å². The molecule has 0 N–H and O–H groups in total. The van der Waals surface area contributed by atoms with Crippen LogP contribution in [0.5, 0.6) is 0 Å². The Morgan fingerprint density at radius 1 is 1.70 bits per heavy atom. The van der Waals surface area contributed by atoms with Crippen molar-refractivity contribution in [3.63, 3.8) is 0 Å². The largest absolute Gasteiger partial charge is 0.428 e. The summed E-state index contributed by atoms with van der Waals surface area (Å²) in [4.78, 5) is 0. The molecule has 3 nitrogen and oxygen atoms in total. The van der Waals surface area contributed by atoms with Crippen LogP contribution in [-0.4, -0.2) is 10.2 Å². The van der Waals surface area contributed by atoms with Crippen LogP contribution in [0.2, 0.25) is 0 Å². The van der Waals surface area contributed by atoms with Crippen molar-refractivity contribution < 1.29 is 4.42 Å². The molecule has 0 radical (unpaired) electrons. The lowest BCUT2D eigenvalue weighted by Gasteiger charge is -1.98. The molecule has 0 fully saturated rings. The maximum absolute atomic E-state index is 4.96. The van der Waals surface area contributed by atoms with E-state index in [9.17, 15) is 0 Å². The van der Waals surface area contributed by atoms with Gasteiger partial charge in [0.25, 0.3) is 0 Å². The van der Waals surface area contributed by atoms with E-state index in [-0.39, 0.29) is 12.4 Å². The molecule has 4 heteroatoms. The molecule has 1 aromatic rings. The van der Waals surface area contributed by atoms with Crippen LogP contribution in [0.25, 0.3) is 0 Å². The molecule has 58 valence electrons. The van der Waals surface area contributed by atoms with Gasteiger partial charge in [-0.25, -0.2) is 0 Å². The van der Waals surface area contributed by atoms with Crippen molar-refractivity contribution in [3.8, 4) is 0 Å². The van der Waals surface area contributed by atoms with Gasteiger partial charge in [0.1, 0.15) is 0 Å². The van der Waals surface area contributed by atoms with Crippen LogP contribution >= 0.6 is 12.4 Å². The van der Waals surface area contributed by atoms with E-state index in [1.54, 1.807) is 0 Å². The van der Waals surface area contributed by atoms with Crippen LogP contribution in [0.1, 0.15) is 32.1 Å². The second-order valence-corrected chi connectivity index (χ2v) is 2.09. The van der Waals surface area contributed by atoms with Crippen molar-refractivity contribution in [2.45, 2.75) is 26.2 Å². The van der Waals surface area contributed by atoms with Crippen molar-refractivity contribution in [2.75, 3.05) is 0 Å². The summed E-state index contributed by atoms with van der Waals surface area (Å²) in [6.45, 7) is 4.16. The lowest BCUT2D eigenvalue weighted by molar-refractivity contribution is 0.452. The highest BCUT2D eigenvalue weighted by Crippen LogP contribution is 2.13. The molecule has 1 unspecified atom stereocenters. The van der Waals surface area contributed by atoms with Gasteiger partial charge in [0.05, 0.1) is 0 Å². The first-order valence-corrected chi connectivity index (χ1v) is 3.10. The summed E-state index contributed by atoms with van der Waals surface area (Å²) in [5, 5.41) is 7.34. The van der Waals surface area contributed by atoms with Crippen LogP contribution in [0.15, 0.2) is 10.8 Å². The fourth-order valence-electron chi connectivity index (χ4n) is 0.571. The minimum Gasteiger partial charge on any atom is -0.428 e. The number of aromatic nitrogens is 2. The Morgan fingerprint density at radius 3 is 2.80 bits per heavy atom. The van der Waals surface area contributed by atoms with Gasteiger partial charge in [-0.05, 0) is 6.42 Å². The third kappa shape index (κ3) is 1.99. The van der Waals surface area contributed by atoms with E-state index in [0.717, 1.165) is 12.3 Å². The third-order valence-corrected chi connectivity index (χ3v) is 1.41. The summed E-state index contributed by atoms with van der Waals surface area (Å²) in [5.41, 5.74) is 0. The Balaban J connectivity index is 0.000000810. The fraction of sp³-hybridized carbons (Fsp3) is 0.667. The molecule has 1 atom stereocenters. The average molecular weight is 163 g/mol. The molecule has 1 rings (SSSR count). The quantitative estimate of drug-likeness (QED) is 0.668. The maximum atomic E-state index is 4.96. The first kappa shape index (κ1) is 9.43. The molecule has 0 aliphatic heterocycles. The summed E-state index contributed by atoms with van der Waals surface area (Å²) in [6, 6.07) is 0. The predicted octanol–water partition coefficient (Wildman–Crippen LogP) is 2.00. The van der Waals surface area contributed by atoms with Gasteiger partial charge in [-0.3, -0.25) is 0 Å². The molecule has 0 aromatic carbocycles. The average Bonchev–Trinajstić information content (AvgIpc) is 2.37. The summed E-state index contributed by atoms with van der Waals surface area (Å²) in [5.74, 6) is 1.13. The van der Waals surface area contributed by atoms with Crippen molar-refractivity contribution in [1.82, 2.24) is 10.2 Å². The Morgan fingerprint density at radius 2 is 2.40 bits per heavy atom. The fourth-order valence-corrected chi connectivity index (χ4v) is 0.571. The highest BCUT2D eigenvalue weighted by Gasteiger charge is 2.06. The van der Waals surface area contributed by atoms with Crippen molar-refractivity contribution in [3.05, 3.63) is 12.3 Å². The Labute approximate surface area is 66.2 Å². The number of rotatable bonds is 2. The molecule has 0 amide bonds. The van der Waals surface area contributed by atoms with Gasteiger partial charge in [0.15, 0.2) is 0 Å². The monoisotopic (exact) mass is 162 g/mol. The Kier molecular flexibility index (Phi) is 4.03. The zero-order valence-electron chi connectivity index (χ0n) is 6.07. The van der Waals surface area contributed by atoms with Gasteiger partial charge in [-0.15, -0.1) is 22.6 Å². The lowest BCUT2D eigenvalue weighted by atomic mass is 10.1. The highest BCUT2D eigenvalue weighted by atomic mass is 35.5. The molecule has 0 aliphatic carbocycles. The van der Waals surface area contributed by atoms with E-state index in [1.165, 1.54) is 6.39 Å². The van der Waals surface area contributed by atoms with Gasteiger partial charge in [-0.2, -0.15) is 0 Å². The number of hydrogen-bond acceptors (Lipinski definition) is 3. The molecule has 10 heavy (non-hydrogen) atoms. The smallest absolute Gasteiger partial charge is 0.219 e. The number of hydrogen-bond donors (Lipinski definition) is 0. The van der Waals surface area contributed by atoms with Crippen LogP contribution in [0.3, 0.4) is 0 Å². The maximum Gasteiger partial charge on any atom is 0.219 e. The van der Waals surface area contributed by atoms with Crippen LogP contribution in [-0.2, 0) is 0 Å². The summed E-state index contributed by atoms with van der Waals surface area (Å²) in [6.07, 6.45) is 2.41. The van der Waals surface area contributed by atoms with Gasteiger partial charge in [0, 0.05) is 5.92 Å². The second-order valence-electron chi connectivity index (χ2n) is 2.09. The van der Waals surface area contributed by atoms with Gasteiger partial charge < -0.3 is 4.42 Å². The number of nitrogens with zero attached hydrogens (tertiary/aromatic N) is 2. The molecule has 0 bridgehead atoms. The summed E-state index contributed by atoms with van der Waals surface area (Å²) in [7, 11) is 0. The molecule has 0 saturated heterocycles. The third-order valence-electron chi connectivity index (χ3n) is 1.41. The predicted molar refractivity (Wildman–Crippen MR) is 40.3 cm³/mol. The molecular formula is C6H11ClN2O. The Bertz CT molecular complexity index is 164. The Hall–Kier alpha value is -0.570. The lowest BCUT2D eigenvalue weighted by Crippen LogP contribution is -1.90. The van der Waals surface area contributed by atoms with Crippen molar-refractivity contribution >= 4 is 12.4 Å². The summed E-state index contributed by atoms with van der Waals surface area (Å²) < 4.78 is 4.96. The first-order chi connectivity index (χ1) is 4.34. The van der Waals surface area contributed by atoms with Gasteiger partial charge in [-0.1, -0.05) is 13.8 Å². The zero-order chi connectivity index (χ0) is 6.69.